The quantitative estimate of drug-likeness (QED) is 0.327. The van der Waals surface area contributed by atoms with Crippen molar-refractivity contribution in [3.05, 3.63) is 80.8 Å². The lowest BCUT2D eigenvalue weighted by Crippen LogP contribution is -2.28. The smallest absolute Gasteiger partial charge is 0.406 e. The summed E-state index contributed by atoms with van der Waals surface area (Å²) in [5, 5.41) is 1.79. The summed E-state index contributed by atoms with van der Waals surface area (Å²) in [5.41, 5.74) is -0.693. The molecule has 34 heavy (non-hydrogen) atoms. The van der Waals surface area contributed by atoms with Crippen LogP contribution in [0.1, 0.15) is 54.8 Å². The maximum Gasteiger partial charge on any atom is 0.573 e. The minimum Gasteiger partial charge on any atom is -0.406 e. The van der Waals surface area contributed by atoms with Gasteiger partial charge in [0.1, 0.15) is 10.6 Å². The Labute approximate surface area is 193 Å². The molecule has 1 unspecified atom stereocenters. The van der Waals surface area contributed by atoms with Gasteiger partial charge >= 0.3 is 12.5 Å². The number of thiazole rings is 1. The van der Waals surface area contributed by atoms with E-state index in [1.54, 1.807) is 25.1 Å². The van der Waals surface area contributed by atoms with Gasteiger partial charge in [-0.3, -0.25) is 9.59 Å². The maximum atomic E-state index is 13.6. The minimum atomic E-state index is -5.02. The fraction of sp³-hybridized carbons (Fsp3) is 0.227. The van der Waals surface area contributed by atoms with Crippen molar-refractivity contribution in [3.8, 4) is 5.75 Å². The molecule has 5 nitrogen and oxygen atoms in total. The van der Waals surface area contributed by atoms with E-state index < -0.39 is 51.6 Å². The number of amides is 1. The fourth-order valence-corrected chi connectivity index (χ4v) is 3.98. The highest BCUT2D eigenvalue weighted by atomic mass is 32.1. The monoisotopic (exact) mass is 502 g/mol. The van der Waals surface area contributed by atoms with Crippen molar-refractivity contribution in [1.29, 1.82) is 0 Å². The topological polar surface area (TPSA) is 68.3 Å². The van der Waals surface area contributed by atoms with E-state index in [1.807, 2.05) is 0 Å². The largest absolute Gasteiger partial charge is 0.573 e. The first kappa shape index (κ1) is 25.2. The third-order valence-electron chi connectivity index (χ3n) is 4.63. The summed E-state index contributed by atoms with van der Waals surface area (Å²) in [5.74, 6) is -2.49. The minimum absolute atomic E-state index is 0.145. The van der Waals surface area contributed by atoms with Crippen molar-refractivity contribution in [2.75, 3.05) is 0 Å². The van der Waals surface area contributed by atoms with Gasteiger partial charge in [0, 0.05) is 5.56 Å². The van der Waals surface area contributed by atoms with Crippen molar-refractivity contribution in [3.63, 3.8) is 0 Å². The van der Waals surface area contributed by atoms with Crippen LogP contribution in [0.25, 0.3) is 0 Å². The van der Waals surface area contributed by atoms with E-state index in [9.17, 15) is 35.9 Å². The molecule has 1 heterocycles. The zero-order chi connectivity index (χ0) is 25.3. The van der Waals surface area contributed by atoms with Crippen LogP contribution >= 0.6 is 11.3 Å². The van der Waals surface area contributed by atoms with Gasteiger partial charge in [0.15, 0.2) is 10.7 Å². The summed E-state index contributed by atoms with van der Waals surface area (Å²) < 4.78 is 81.9. The molecule has 2 aromatic carbocycles. The lowest BCUT2D eigenvalue weighted by atomic mass is 10.1. The van der Waals surface area contributed by atoms with Crippen LogP contribution in [0, 0.1) is 6.92 Å². The van der Waals surface area contributed by atoms with E-state index >= 15 is 0 Å². The van der Waals surface area contributed by atoms with Crippen LogP contribution < -0.4 is 10.1 Å². The number of rotatable bonds is 6. The first-order valence-electron chi connectivity index (χ1n) is 9.61. The Morgan fingerprint density at radius 2 is 1.71 bits per heavy atom. The molecule has 180 valence electrons. The second-order valence-corrected chi connectivity index (χ2v) is 8.15. The number of nitrogens with one attached hydrogen (secondary N) is 1. The summed E-state index contributed by atoms with van der Waals surface area (Å²) in [4.78, 5) is 28.0. The number of aryl methyl sites for hydroxylation is 1. The van der Waals surface area contributed by atoms with Gasteiger partial charge in [-0.1, -0.05) is 36.4 Å². The summed E-state index contributed by atoms with van der Waals surface area (Å²) in [6.07, 6.45) is -9.95. The number of hydrogen-bond acceptors (Lipinski definition) is 5. The van der Waals surface area contributed by atoms with Crippen molar-refractivity contribution in [2.24, 2.45) is 0 Å². The Hall–Kier alpha value is -3.41. The number of aromatic nitrogens is 1. The van der Waals surface area contributed by atoms with Crippen molar-refractivity contribution in [2.45, 2.75) is 32.4 Å². The van der Waals surface area contributed by atoms with Gasteiger partial charge in [-0.25, -0.2) is 4.98 Å². The number of ketones is 1. The first-order chi connectivity index (χ1) is 15.8. The highest BCUT2D eigenvalue weighted by Crippen LogP contribution is 2.35. The van der Waals surface area contributed by atoms with Crippen LogP contribution in [0.3, 0.4) is 0 Å². The second kappa shape index (κ2) is 9.45. The summed E-state index contributed by atoms with van der Waals surface area (Å²) in [6.45, 7) is 2.98. The molecular formula is C22H16F6N2O3S. The predicted molar refractivity (Wildman–Crippen MR) is 111 cm³/mol. The van der Waals surface area contributed by atoms with E-state index in [4.69, 9.17) is 0 Å². The molecule has 0 saturated carbocycles. The molecule has 1 N–H and O–H groups in total. The molecular weight excluding hydrogens is 486 g/mol. The fourth-order valence-electron chi connectivity index (χ4n) is 3.03. The molecule has 1 aromatic heterocycles. The van der Waals surface area contributed by atoms with E-state index in [2.05, 4.69) is 15.0 Å². The lowest BCUT2D eigenvalue weighted by molar-refractivity contribution is -0.274. The average molecular weight is 502 g/mol. The Bertz CT molecular complexity index is 1220. The van der Waals surface area contributed by atoms with E-state index in [-0.39, 0.29) is 22.5 Å². The standard InChI is InChI=1S/C22H16F6N2O3S/c1-11-6-3-4-9-15(11)16(31)20-30-18(21(23,24)25)17(34-20)19(32)29-12(2)13-7-5-8-14(10-13)33-22(26,27)28/h3-10,12H,1-2H3,(H,29,32). The van der Waals surface area contributed by atoms with Crippen LogP contribution in [-0.2, 0) is 6.18 Å². The van der Waals surface area contributed by atoms with Gasteiger partial charge in [-0.05, 0) is 37.1 Å². The van der Waals surface area contributed by atoms with Crippen LogP contribution in [-0.4, -0.2) is 23.0 Å². The van der Waals surface area contributed by atoms with Gasteiger partial charge in [-0.15, -0.1) is 24.5 Å². The Morgan fingerprint density at radius 1 is 1.03 bits per heavy atom. The van der Waals surface area contributed by atoms with Crippen LogP contribution in [0.5, 0.6) is 5.75 Å². The molecule has 3 aromatic rings. The molecule has 0 bridgehead atoms. The van der Waals surface area contributed by atoms with Crippen LogP contribution in [0.2, 0.25) is 0 Å². The van der Waals surface area contributed by atoms with Gasteiger partial charge in [0.25, 0.3) is 5.91 Å². The first-order valence-corrected chi connectivity index (χ1v) is 10.4. The van der Waals surface area contributed by atoms with Gasteiger partial charge < -0.3 is 10.1 Å². The molecule has 0 saturated heterocycles. The van der Waals surface area contributed by atoms with Gasteiger partial charge in [-0.2, -0.15) is 13.2 Å². The van der Waals surface area contributed by atoms with E-state index in [0.29, 0.717) is 5.56 Å². The summed E-state index contributed by atoms with van der Waals surface area (Å²) in [6, 6.07) is 9.92. The van der Waals surface area contributed by atoms with Gasteiger partial charge in [0.2, 0.25) is 5.78 Å². The Morgan fingerprint density at radius 3 is 2.32 bits per heavy atom. The second-order valence-electron chi connectivity index (χ2n) is 7.15. The predicted octanol–water partition coefficient (Wildman–Crippen LogP) is 6.09. The normalized spacial score (nSPS) is 12.8. The van der Waals surface area contributed by atoms with Crippen LogP contribution in [0.4, 0.5) is 26.3 Å². The lowest BCUT2D eigenvalue weighted by Gasteiger charge is -2.16. The van der Waals surface area contributed by atoms with Crippen molar-refractivity contribution >= 4 is 23.0 Å². The number of nitrogens with zero attached hydrogens (tertiary/aromatic N) is 1. The molecule has 3 rings (SSSR count). The Kier molecular flexibility index (Phi) is 7.01. The average Bonchev–Trinajstić information content (AvgIpc) is 3.19. The molecule has 0 spiro atoms. The summed E-state index contributed by atoms with van der Waals surface area (Å²) in [7, 11) is 0. The number of benzene rings is 2. The zero-order valence-corrected chi connectivity index (χ0v) is 18.4. The zero-order valence-electron chi connectivity index (χ0n) is 17.5. The van der Waals surface area contributed by atoms with E-state index in [1.165, 1.54) is 25.1 Å². The third-order valence-corrected chi connectivity index (χ3v) is 5.68. The Balaban J connectivity index is 1.89. The van der Waals surface area contributed by atoms with Gasteiger partial charge in [0.05, 0.1) is 6.04 Å². The number of carbonyl (C=O) groups is 2. The number of ether oxygens (including phenoxy) is 1. The van der Waals surface area contributed by atoms with E-state index in [0.717, 1.165) is 12.1 Å². The maximum absolute atomic E-state index is 13.6. The molecule has 1 atom stereocenters. The molecule has 0 radical (unpaired) electrons. The van der Waals surface area contributed by atoms with Crippen molar-refractivity contribution < 1.29 is 40.7 Å². The highest BCUT2D eigenvalue weighted by Gasteiger charge is 2.41. The third kappa shape index (κ3) is 5.93. The molecule has 1 amide bonds. The molecule has 12 heteroatoms. The van der Waals surface area contributed by atoms with Crippen molar-refractivity contribution in [1.82, 2.24) is 10.3 Å². The number of hydrogen-bond donors (Lipinski definition) is 1. The SMILES string of the molecule is Cc1ccccc1C(=O)c1nc(C(F)(F)F)c(C(=O)NC(C)c2cccc(OC(F)(F)F)c2)s1. The summed E-state index contributed by atoms with van der Waals surface area (Å²) >= 11 is 0.288. The number of alkyl halides is 6. The molecule has 0 aliphatic heterocycles. The van der Waals surface area contributed by atoms with Crippen LogP contribution in [0.15, 0.2) is 48.5 Å². The number of halogens is 6. The number of carbonyl (C=O) groups excluding carboxylic acids is 2. The highest BCUT2D eigenvalue weighted by molar-refractivity contribution is 7.15. The molecule has 0 aliphatic rings. The molecule has 0 fully saturated rings. The molecule has 0 aliphatic carbocycles.